The maximum absolute atomic E-state index is 12.3. The van der Waals surface area contributed by atoms with Crippen LogP contribution in [0.1, 0.15) is 12.5 Å². The van der Waals surface area contributed by atoms with Gasteiger partial charge in [-0.3, -0.25) is 4.79 Å². The Kier molecular flexibility index (Phi) is 5.81. The highest BCUT2D eigenvalue weighted by molar-refractivity contribution is 9.10. The van der Waals surface area contributed by atoms with Crippen LogP contribution >= 0.6 is 27.5 Å². The van der Waals surface area contributed by atoms with E-state index in [0.717, 1.165) is 0 Å². The van der Waals surface area contributed by atoms with Crippen molar-refractivity contribution in [2.75, 3.05) is 6.61 Å². The summed E-state index contributed by atoms with van der Waals surface area (Å²) in [6.07, 6.45) is -0.197. The Morgan fingerprint density at radius 2 is 2.17 bits per heavy atom. The number of carbonyl (C=O) groups excluding carboxylic acids is 1. The van der Waals surface area contributed by atoms with E-state index in [1.165, 1.54) is 6.07 Å². The molecule has 0 aliphatic rings. The van der Waals surface area contributed by atoms with Crippen LogP contribution in [0, 0.1) is 0 Å². The van der Waals surface area contributed by atoms with Gasteiger partial charge in [-0.1, -0.05) is 27.5 Å². The first-order valence-electron chi connectivity index (χ1n) is 5.03. The van der Waals surface area contributed by atoms with Crippen LogP contribution in [0.3, 0.4) is 0 Å². The third-order valence-electron chi connectivity index (χ3n) is 1.99. The van der Waals surface area contributed by atoms with Crippen molar-refractivity contribution in [3.8, 4) is 5.75 Å². The quantitative estimate of drug-likeness (QED) is 0.763. The van der Waals surface area contributed by atoms with E-state index in [4.69, 9.17) is 16.3 Å². The van der Waals surface area contributed by atoms with Crippen molar-refractivity contribution in [2.45, 2.75) is 20.0 Å². The highest BCUT2D eigenvalue weighted by atomic mass is 79.9. The predicted molar refractivity (Wildman–Crippen MR) is 66.1 cm³/mol. The molecular formula is C11H10BrClF2O3. The van der Waals surface area contributed by atoms with Gasteiger partial charge in [0.05, 0.1) is 18.1 Å². The van der Waals surface area contributed by atoms with Crippen LogP contribution in [0.2, 0.25) is 5.02 Å². The number of benzene rings is 1. The Morgan fingerprint density at radius 1 is 1.50 bits per heavy atom. The third-order valence-corrected chi connectivity index (χ3v) is 3.03. The van der Waals surface area contributed by atoms with Crippen molar-refractivity contribution in [1.29, 1.82) is 0 Å². The molecule has 0 amide bonds. The van der Waals surface area contributed by atoms with E-state index in [-0.39, 0.29) is 29.4 Å². The molecule has 7 heteroatoms. The van der Waals surface area contributed by atoms with Gasteiger partial charge in [0.1, 0.15) is 5.75 Å². The minimum atomic E-state index is -3.02. The maximum Gasteiger partial charge on any atom is 0.387 e. The van der Waals surface area contributed by atoms with Crippen molar-refractivity contribution in [2.24, 2.45) is 0 Å². The van der Waals surface area contributed by atoms with Gasteiger partial charge in [-0.05, 0) is 19.1 Å². The van der Waals surface area contributed by atoms with Crippen molar-refractivity contribution in [3.63, 3.8) is 0 Å². The zero-order valence-corrected chi connectivity index (χ0v) is 11.7. The Labute approximate surface area is 116 Å². The van der Waals surface area contributed by atoms with Gasteiger partial charge >= 0.3 is 12.6 Å². The zero-order chi connectivity index (χ0) is 13.7. The van der Waals surface area contributed by atoms with E-state index in [1.54, 1.807) is 13.0 Å². The molecule has 1 aromatic carbocycles. The molecule has 0 saturated heterocycles. The molecule has 0 atom stereocenters. The lowest BCUT2D eigenvalue weighted by Crippen LogP contribution is -2.11. The number of esters is 1. The fraction of sp³-hybridized carbons (Fsp3) is 0.364. The standard InChI is InChI=1S/C11H10BrClF2O3/c1-2-17-9(16)5-6-7(12)3-4-8(13)10(6)18-11(14)15/h3-4,11H,2,5H2,1H3. The molecule has 0 radical (unpaired) electrons. The minimum absolute atomic E-state index is 0.0119. The maximum atomic E-state index is 12.3. The summed E-state index contributed by atoms with van der Waals surface area (Å²) in [5, 5.41) is 0.0119. The van der Waals surface area contributed by atoms with Crippen molar-refractivity contribution in [1.82, 2.24) is 0 Å². The van der Waals surface area contributed by atoms with Gasteiger partial charge in [0.25, 0.3) is 0 Å². The topological polar surface area (TPSA) is 35.5 Å². The van der Waals surface area contributed by atoms with Gasteiger partial charge in [0, 0.05) is 10.0 Å². The van der Waals surface area contributed by atoms with E-state index >= 15 is 0 Å². The van der Waals surface area contributed by atoms with E-state index < -0.39 is 12.6 Å². The van der Waals surface area contributed by atoms with Crippen LogP contribution in [0.4, 0.5) is 8.78 Å². The highest BCUT2D eigenvalue weighted by Crippen LogP contribution is 2.35. The van der Waals surface area contributed by atoms with Crippen molar-refractivity contribution in [3.05, 3.63) is 27.2 Å². The Hall–Kier alpha value is -0.880. The van der Waals surface area contributed by atoms with Gasteiger partial charge in [0.2, 0.25) is 0 Å². The summed E-state index contributed by atoms with van der Waals surface area (Å²) in [5.74, 6) is -0.756. The molecule has 0 unspecified atom stereocenters. The Balaban J connectivity index is 3.06. The second-order valence-electron chi connectivity index (χ2n) is 3.20. The van der Waals surface area contributed by atoms with Crippen LogP contribution in [-0.2, 0) is 16.0 Å². The van der Waals surface area contributed by atoms with Gasteiger partial charge in [-0.15, -0.1) is 0 Å². The van der Waals surface area contributed by atoms with Crippen molar-refractivity contribution < 1.29 is 23.0 Å². The van der Waals surface area contributed by atoms with Gasteiger partial charge in [0.15, 0.2) is 0 Å². The van der Waals surface area contributed by atoms with E-state index in [9.17, 15) is 13.6 Å². The molecule has 0 aliphatic heterocycles. The highest BCUT2D eigenvalue weighted by Gasteiger charge is 2.19. The van der Waals surface area contributed by atoms with Crippen LogP contribution in [0.5, 0.6) is 5.75 Å². The number of halogens is 4. The Bertz CT molecular complexity index is 441. The molecule has 100 valence electrons. The summed E-state index contributed by atoms with van der Waals surface area (Å²) in [4.78, 5) is 11.4. The van der Waals surface area contributed by atoms with Crippen LogP contribution in [0.25, 0.3) is 0 Å². The molecule has 0 spiro atoms. The summed E-state index contributed by atoms with van der Waals surface area (Å²) in [6.45, 7) is -1.15. The average Bonchev–Trinajstić information content (AvgIpc) is 2.28. The molecule has 0 saturated carbocycles. The summed E-state index contributed by atoms with van der Waals surface area (Å²) in [5.41, 5.74) is 0.237. The molecule has 1 rings (SSSR count). The van der Waals surface area contributed by atoms with Gasteiger partial charge in [-0.2, -0.15) is 8.78 Å². The first kappa shape index (κ1) is 15.2. The second kappa shape index (κ2) is 6.89. The number of rotatable bonds is 5. The van der Waals surface area contributed by atoms with E-state index in [2.05, 4.69) is 20.7 Å². The molecule has 0 heterocycles. The van der Waals surface area contributed by atoms with Crippen molar-refractivity contribution >= 4 is 33.5 Å². The van der Waals surface area contributed by atoms with Crippen LogP contribution < -0.4 is 4.74 Å². The lowest BCUT2D eigenvalue weighted by Gasteiger charge is -2.13. The number of hydrogen-bond acceptors (Lipinski definition) is 3. The summed E-state index contributed by atoms with van der Waals surface area (Å²) >= 11 is 8.93. The lowest BCUT2D eigenvalue weighted by atomic mass is 10.1. The number of ether oxygens (including phenoxy) is 2. The number of alkyl halides is 2. The fourth-order valence-electron chi connectivity index (χ4n) is 1.31. The second-order valence-corrected chi connectivity index (χ2v) is 4.46. The molecule has 0 fully saturated rings. The van der Waals surface area contributed by atoms with Crippen LogP contribution in [-0.4, -0.2) is 19.2 Å². The molecule has 18 heavy (non-hydrogen) atoms. The van der Waals surface area contributed by atoms with E-state index in [0.29, 0.717) is 4.47 Å². The number of hydrogen-bond donors (Lipinski definition) is 0. The smallest absolute Gasteiger partial charge is 0.387 e. The monoisotopic (exact) mass is 342 g/mol. The summed E-state index contributed by atoms with van der Waals surface area (Å²) in [7, 11) is 0. The molecule has 3 nitrogen and oxygen atoms in total. The summed E-state index contributed by atoms with van der Waals surface area (Å²) in [6, 6.07) is 2.95. The average molecular weight is 344 g/mol. The molecular weight excluding hydrogens is 333 g/mol. The van der Waals surface area contributed by atoms with Gasteiger partial charge in [-0.25, -0.2) is 0 Å². The van der Waals surface area contributed by atoms with Crippen LogP contribution in [0.15, 0.2) is 16.6 Å². The largest absolute Gasteiger partial charge is 0.466 e. The number of carbonyl (C=O) groups is 1. The molecule has 0 bridgehead atoms. The zero-order valence-electron chi connectivity index (χ0n) is 9.38. The molecule has 1 aromatic rings. The summed E-state index contributed by atoms with van der Waals surface area (Å²) < 4.78 is 34.1. The lowest BCUT2D eigenvalue weighted by molar-refractivity contribution is -0.142. The SMILES string of the molecule is CCOC(=O)Cc1c(Br)ccc(Cl)c1OC(F)F. The molecule has 0 aliphatic carbocycles. The van der Waals surface area contributed by atoms with E-state index in [1.807, 2.05) is 0 Å². The predicted octanol–water partition coefficient (Wildman–Crippen LogP) is 3.81. The first-order chi connectivity index (χ1) is 8.45. The molecule has 0 N–H and O–H groups in total. The minimum Gasteiger partial charge on any atom is -0.466 e. The molecule has 0 aromatic heterocycles. The third kappa shape index (κ3) is 4.10. The fourth-order valence-corrected chi connectivity index (χ4v) is 1.99. The Morgan fingerprint density at radius 3 is 2.72 bits per heavy atom. The first-order valence-corrected chi connectivity index (χ1v) is 6.20. The normalized spacial score (nSPS) is 10.6. The van der Waals surface area contributed by atoms with Gasteiger partial charge < -0.3 is 9.47 Å².